The van der Waals surface area contributed by atoms with Crippen LogP contribution in [0.15, 0.2) is 116 Å². The third kappa shape index (κ3) is 5.25. The smallest absolute Gasteiger partial charge is 0.144 e. The fraction of sp³-hybridized carbons (Fsp3) is 0.220. The number of imidazole rings is 1. The van der Waals surface area contributed by atoms with Gasteiger partial charge in [-0.2, -0.15) is 0 Å². The molecule has 0 fully saturated rings. The number of hydrogen-bond acceptors (Lipinski definition) is 2. The van der Waals surface area contributed by atoms with Gasteiger partial charge in [0.15, 0.2) is 0 Å². The van der Waals surface area contributed by atoms with Gasteiger partial charge in [-0.05, 0) is 98.5 Å². The summed E-state index contributed by atoms with van der Waals surface area (Å²) in [6.45, 7) is 8.94. The number of nitrogens with zero attached hydrogens (tertiary/aromatic N) is 4. The van der Waals surface area contributed by atoms with E-state index in [-0.39, 0.29) is 0 Å². The Morgan fingerprint density at radius 1 is 0.711 bits per heavy atom. The van der Waals surface area contributed by atoms with Gasteiger partial charge in [-0.15, -0.1) is 0 Å². The first-order valence-corrected chi connectivity index (χ1v) is 16.3. The molecule has 0 aliphatic carbocycles. The van der Waals surface area contributed by atoms with Crippen LogP contribution in [0.5, 0.6) is 0 Å². The highest BCUT2D eigenvalue weighted by Gasteiger charge is 2.18. The Balaban J connectivity index is 1.29. The third-order valence-electron chi connectivity index (χ3n) is 9.20. The summed E-state index contributed by atoms with van der Waals surface area (Å²) >= 11 is 0. The maximum atomic E-state index is 5.16. The van der Waals surface area contributed by atoms with Crippen molar-refractivity contribution in [3.8, 4) is 34.0 Å². The molecule has 45 heavy (non-hydrogen) atoms. The lowest BCUT2D eigenvalue weighted by atomic mass is 9.94. The van der Waals surface area contributed by atoms with Crippen LogP contribution in [0, 0.1) is 13.8 Å². The predicted octanol–water partition coefficient (Wildman–Crippen LogP) is 11.0. The van der Waals surface area contributed by atoms with Crippen LogP contribution in [0.4, 0.5) is 0 Å². The first kappa shape index (κ1) is 28.8. The summed E-state index contributed by atoms with van der Waals surface area (Å²) < 4.78 is 4.59. The Morgan fingerprint density at radius 2 is 1.47 bits per heavy atom. The van der Waals surface area contributed by atoms with Crippen molar-refractivity contribution in [2.45, 2.75) is 59.3 Å². The Morgan fingerprint density at radius 3 is 2.24 bits per heavy atom. The second-order valence-electron chi connectivity index (χ2n) is 12.2. The van der Waals surface area contributed by atoms with Crippen molar-refractivity contribution < 1.29 is 0 Å². The summed E-state index contributed by atoms with van der Waals surface area (Å²) in [6, 6.07) is 37.1. The maximum Gasteiger partial charge on any atom is 0.144 e. The monoisotopic (exact) mass is 588 g/mol. The van der Waals surface area contributed by atoms with Crippen molar-refractivity contribution in [2.24, 2.45) is 0 Å². The Bertz CT molecular complexity index is 2090. The molecule has 0 saturated heterocycles. The average molecular weight is 589 g/mol. The quantitative estimate of drug-likeness (QED) is 0.168. The van der Waals surface area contributed by atoms with E-state index in [0.717, 1.165) is 34.8 Å². The Kier molecular flexibility index (Phi) is 7.81. The SMILES string of the molecule is CCCCC(CC)c1cccc(-c2cc(C)c(-n3ccnc3-c3ccc4c(c3)c3ccccc3n4-c3ccccc3)c(C)c2)n1. The van der Waals surface area contributed by atoms with Gasteiger partial charge in [-0.25, -0.2) is 4.98 Å². The molecule has 0 aliphatic rings. The van der Waals surface area contributed by atoms with E-state index in [2.05, 4.69) is 146 Å². The molecule has 0 amide bonds. The van der Waals surface area contributed by atoms with Crippen LogP contribution in [-0.2, 0) is 0 Å². The average Bonchev–Trinajstić information content (AvgIpc) is 3.68. The number of aromatic nitrogens is 4. The minimum Gasteiger partial charge on any atom is -0.309 e. The zero-order chi connectivity index (χ0) is 30.9. The van der Waals surface area contributed by atoms with Crippen LogP contribution in [0.2, 0.25) is 0 Å². The number of unbranched alkanes of at least 4 members (excludes halogenated alkanes) is 1. The molecule has 4 aromatic carbocycles. The van der Waals surface area contributed by atoms with Crippen LogP contribution >= 0.6 is 0 Å². The second-order valence-corrected chi connectivity index (χ2v) is 12.2. The summed E-state index contributed by atoms with van der Waals surface area (Å²) in [5, 5.41) is 2.46. The van der Waals surface area contributed by atoms with Crippen molar-refractivity contribution >= 4 is 21.8 Å². The minimum absolute atomic E-state index is 0.513. The summed E-state index contributed by atoms with van der Waals surface area (Å²) in [5.74, 6) is 1.45. The lowest BCUT2D eigenvalue weighted by molar-refractivity contribution is 0.558. The highest BCUT2D eigenvalue weighted by molar-refractivity contribution is 6.10. The van der Waals surface area contributed by atoms with Crippen molar-refractivity contribution in [3.05, 3.63) is 132 Å². The van der Waals surface area contributed by atoms with E-state index in [1.807, 2.05) is 6.20 Å². The fourth-order valence-electron chi connectivity index (χ4n) is 7.00. The van der Waals surface area contributed by atoms with E-state index in [1.165, 1.54) is 63.6 Å². The van der Waals surface area contributed by atoms with Crippen LogP contribution in [-0.4, -0.2) is 19.1 Å². The molecule has 1 unspecified atom stereocenters. The Hall–Kier alpha value is -4.96. The molecule has 3 aromatic heterocycles. The number of para-hydroxylation sites is 2. The highest BCUT2D eigenvalue weighted by atomic mass is 15.1. The third-order valence-corrected chi connectivity index (χ3v) is 9.20. The van der Waals surface area contributed by atoms with Gasteiger partial charge in [0.2, 0.25) is 0 Å². The zero-order valence-corrected chi connectivity index (χ0v) is 26.7. The number of fused-ring (bicyclic) bond motifs is 3. The lowest BCUT2D eigenvalue weighted by Gasteiger charge is -2.18. The van der Waals surface area contributed by atoms with E-state index in [1.54, 1.807) is 0 Å². The number of pyridine rings is 1. The fourth-order valence-corrected chi connectivity index (χ4v) is 7.00. The normalized spacial score (nSPS) is 12.3. The van der Waals surface area contributed by atoms with E-state index >= 15 is 0 Å². The van der Waals surface area contributed by atoms with Crippen molar-refractivity contribution in [1.29, 1.82) is 0 Å². The predicted molar refractivity (Wildman–Crippen MR) is 189 cm³/mol. The highest BCUT2D eigenvalue weighted by Crippen LogP contribution is 2.36. The summed E-state index contributed by atoms with van der Waals surface area (Å²) in [4.78, 5) is 10.0. The topological polar surface area (TPSA) is 35.6 Å². The van der Waals surface area contributed by atoms with Gasteiger partial charge in [-0.3, -0.25) is 9.55 Å². The number of aryl methyl sites for hydroxylation is 2. The van der Waals surface area contributed by atoms with Crippen LogP contribution in [0.3, 0.4) is 0 Å². The van der Waals surface area contributed by atoms with Gasteiger partial charge < -0.3 is 4.57 Å². The molecule has 4 heteroatoms. The number of benzene rings is 4. The van der Waals surface area contributed by atoms with Gasteiger partial charge in [0.25, 0.3) is 0 Å². The van der Waals surface area contributed by atoms with Gasteiger partial charge in [0.1, 0.15) is 5.82 Å². The zero-order valence-electron chi connectivity index (χ0n) is 26.7. The van der Waals surface area contributed by atoms with Crippen LogP contribution in [0.25, 0.3) is 55.8 Å². The maximum absolute atomic E-state index is 5.16. The van der Waals surface area contributed by atoms with Crippen LogP contribution < -0.4 is 0 Å². The van der Waals surface area contributed by atoms with Gasteiger partial charge in [0.05, 0.1) is 22.4 Å². The minimum atomic E-state index is 0.513. The first-order chi connectivity index (χ1) is 22.1. The molecule has 224 valence electrons. The number of hydrogen-bond donors (Lipinski definition) is 0. The molecular weight excluding hydrogens is 548 g/mol. The summed E-state index contributed by atoms with van der Waals surface area (Å²) in [7, 11) is 0. The van der Waals surface area contributed by atoms with Crippen molar-refractivity contribution in [3.63, 3.8) is 0 Å². The van der Waals surface area contributed by atoms with Gasteiger partial charge >= 0.3 is 0 Å². The summed E-state index contributed by atoms with van der Waals surface area (Å²) in [6.07, 6.45) is 8.77. The van der Waals surface area contributed by atoms with Gasteiger partial charge in [0, 0.05) is 51.6 Å². The molecule has 0 bridgehead atoms. The van der Waals surface area contributed by atoms with Crippen molar-refractivity contribution in [2.75, 3.05) is 0 Å². The second kappa shape index (κ2) is 12.2. The van der Waals surface area contributed by atoms with E-state index in [0.29, 0.717) is 5.92 Å². The molecule has 0 saturated carbocycles. The number of rotatable bonds is 9. The molecular formula is C41H40N4. The molecule has 4 nitrogen and oxygen atoms in total. The Labute approximate surface area is 266 Å². The molecule has 7 aromatic rings. The van der Waals surface area contributed by atoms with Gasteiger partial charge in [-0.1, -0.05) is 69.2 Å². The molecule has 0 aliphatic heterocycles. The lowest BCUT2D eigenvalue weighted by Crippen LogP contribution is -2.04. The standard InChI is InChI=1S/C41H40N4/c1-5-7-14-30(6-2)36-18-13-19-37(43-36)32-25-28(3)40(29(4)26-32)44-24-23-42-41(44)31-21-22-39-35(27-31)34-17-11-12-20-38(34)45(39)33-15-9-8-10-16-33/h8-13,15-27,30H,5-7,14H2,1-4H3. The summed E-state index contributed by atoms with van der Waals surface area (Å²) in [5.41, 5.74) is 11.7. The molecule has 1 atom stereocenters. The molecule has 0 N–H and O–H groups in total. The molecule has 0 spiro atoms. The molecule has 0 radical (unpaired) electrons. The van der Waals surface area contributed by atoms with Crippen molar-refractivity contribution in [1.82, 2.24) is 19.1 Å². The molecule has 7 rings (SSSR count). The van der Waals surface area contributed by atoms with E-state index in [4.69, 9.17) is 9.97 Å². The largest absolute Gasteiger partial charge is 0.309 e. The van der Waals surface area contributed by atoms with Crippen LogP contribution in [0.1, 0.15) is 62.3 Å². The first-order valence-electron chi connectivity index (χ1n) is 16.3. The molecule has 3 heterocycles. The van der Waals surface area contributed by atoms with E-state index in [9.17, 15) is 0 Å². The van der Waals surface area contributed by atoms with E-state index < -0.39 is 0 Å².